The average Bonchev–Trinajstić information content (AvgIpc) is 2.55. The molecular weight excluding hydrogens is 336 g/mol. The molecule has 0 saturated carbocycles. The molecule has 0 unspecified atom stereocenters. The predicted molar refractivity (Wildman–Crippen MR) is 88.0 cm³/mol. The number of nitrogens with one attached hydrogen (secondary N) is 2. The number of para-hydroxylation sites is 2. The molecule has 2 aromatic rings. The summed E-state index contributed by atoms with van der Waals surface area (Å²) >= 11 is 0. The van der Waals surface area contributed by atoms with E-state index < -0.39 is 17.4 Å². The van der Waals surface area contributed by atoms with Gasteiger partial charge in [0.25, 0.3) is 5.69 Å². The third-order valence-corrected chi connectivity index (χ3v) is 3.25. The molecule has 132 valence electrons. The molecule has 0 bridgehead atoms. The normalized spacial score (nSPS) is 10.4. The topological polar surface area (TPSA) is 93.5 Å². The number of non-ortho nitro benzene ring substituents is 1. The number of hydrogen-bond donors (Lipinski definition) is 2. The molecule has 25 heavy (non-hydrogen) atoms. The SMILES string of the molecule is Cc1ccc([N+](=O)[O-])cc1NC(=O)CNc1ccccc1OC(F)F. The van der Waals surface area contributed by atoms with E-state index in [0.717, 1.165) is 0 Å². The molecule has 9 heteroatoms. The number of amides is 1. The van der Waals surface area contributed by atoms with E-state index in [2.05, 4.69) is 15.4 Å². The lowest BCUT2D eigenvalue weighted by Gasteiger charge is -2.13. The zero-order valence-electron chi connectivity index (χ0n) is 13.2. The molecule has 7 nitrogen and oxygen atoms in total. The quantitative estimate of drug-likeness (QED) is 0.588. The van der Waals surface area contributed by atoms with Crippen LogP contribution in [0.25, 0.3) is 0 Å². The van der Waals surface area contributed by atoms with Crippen LogP contribution in [0.15, 0.2) is 42.5 Å². The Morgan fingerprint density at radius 3 is 2.64 bits per heavy atom. The summed E-state index contributed by atoms with van der Waals surface area (Å²) in [5.41, 5.74) is 1.04. The van der Waals surface area contributed by atoms with Crippen LogP contribution >= 0.6 is 0 Å². The number of ether oxygens (including phenoxy) is 1. The summed E-state index contributed by atoms with van der Waals surface area (Å²) in [5, 5.41) is 16.0. The van der Waals surface area contributed by atoms with Crippen LogP contribution < -0.4 is 15.4 Å². The van der Waals surface area contributed by atoms with Gasteiger partial charge in [0.2, 0.25) is 5.91 Å². The predicted octanol–water partition coefficient (Wildman–Crippen LogP) is 3.56. The molecule has 0 fully saturated rings. The molecular formula is C16H15F2N3O4. The van der Waals surface area contributed by atoms with Crippen LogP contribution in [0, 0.1) is 17.0 Å². The fourth-order valence-electron chi connectivity index (χ4n) is 2.04. The van der Waals surface area contributed by atoms with Crippen LogP contribution in [0.5, 0.6) is 5.75 Å². The largest absolute Gasteiger partial charge is 0.433 e. The minimum absolute atomic E-state index is 0.0863. The number of nitrogens with zero attached hydrogens (tertiary/aromatic N) is 1. The van der Waals surface area contributed by atoms with Crippen LogP contribution in [0.1, 0.15) is 5.56 Å². The standard InChI is InChI=1S/C16H15F2N3O4/c1-10-6-7-11(21(23)24)8-13(10)20-15(22)9-19-12-4-2-3-5-14(12)25-16(17)18/h2-8,16,19H,9H2,1H3,(H,20,22). The maximum absolute atomic E-state index is 12.4. The van der Waals surface area contributed by atoms with Gasteiger partial charge in [-0.2, -0.15) is 8.78 Å². The maximum atomic E-state index is 12.4. The summed E-state index contributed by atoms with van der Waals surface area (Å²) in [6, 6.07) is 10.1. The second kappa shape index (κ2) is 8.04. The Bertz CT molecular complexity index is 784. The van der Waals surface area contributed by atoms with E-state index in [4.69, 9.17) is 0 Å². The molecule has 0 aliphatic heterocycles. The van der Waals surface area contributed by atoms with Gasteiger partial charge in [0.1, 0.15) is 5.75 Å². The van der Waals surface area contributed by atoms with Crippen LogP contribution in [-0.2, 0) is 4.79 Å². The first-order valence-electron chi connectivity index (χ1n) is 7.19. The molecule has 0 spiro atoms. The van der Waals surface area contributed by atoms with Crippen molar-refractivity contribution in [3.63, 3.8) is 0 Å². The number of halogens is 2. The molecule has 0 radical (unpaired) electrons. The minimum Gasteiger partial charge on any atom is -0.433 e. The van der Waals surface area contributed by atoms with Crippen LogP contribution in [0.2, 0.25) is 0 Å². The number of nitro groups is 1. The van der Waals surface area contributed by atoms with Crippen LogP contribution in [-0.4, -0.2) is 24.0 Å². The third kappa shape index (κ3) is 5.13. The van der Waals surface area contributed by atoms with Gasteiger partial charge in [-0.1, -0.05) is 18.2 Å². The molecule has 2 N–H and O–H groups in total. The Kier molecular flexibility index (Phi) is 5.83. The Balaban J connectivity index is 2.02. The number of carbonyl (C=O) groups is 1. The number of carbonyl (C=O) groups excluding carboxylic acids is 1. The Hall–Kier alpha value is -3.23. The number of nitro benzene ring substituents is 1. The highest BCUT2D eigenvalue weighted by molar-refractivity contribution is 5.94. The van der Waals surface area contributed by atoms with Gasteiger partial charge in [0.05, 0.1) is 22.8 Å². The Morgan fingerprint density at radius 1 is 1.24 bits per heavy atom. The second-order valence-electron chi connectivity index (χ2n) is 5.03. The van der Waals surface area contributed by atoms with Crippen molar-refractivity contribution in [2.75, 3.05) is 17.2 Å². The zero-order chi connectivity index (χ0) is 18.4. The number of rotatable bonds is 7. The van der Waals surface area contributed by atoms with Crippen molar-refractivity contribution in [3.05, 3.63) is 58.1 Å². The van der Waals surface area contributed by atoms with E-state index in [1.165, 1.54) is 36.4 Å². The highest BCUT2D eigenvalue weighted by atomic mass is 19.3. The van der Waals surface area contributed by atoms with E-state index in [1.54, 1.807) is 13.0 Å². The number of alkyl halides is 2. The van der Waals surface area contributed by atoms with Gasteiger partial charge in [-0.05, 0) is 24.6 Å². The van der Waals surface area contributed by atoms with Crippen molar-refractivity contribution in [1.82, 2.24) is 0 Å². The van der Waals surface area contributed by atoms with Crippen molar-refractivity contribution in [1.29, 1.82) is 0 Å². The third-order valence-electron chi connectivity index (χ3n) is 3.25. The first-order chi connectivity index (χ1) is 11.9. The number of aryl methyl sites for hydroxylation is 1. The molecule has 0 saturated heterocycles. The summed E-state index contributed by atoms with van der Waals surface area (Å²) in [7, 11) is 0. The lowest BCUT2D eigenvalue weighted by Crippen LogP contribution is -2.22. The van der Waals surface area contributed by atoms with Gasteiger partial charge in [0.15, 0.2) is 0 Å². The van der Waals surface area contributed by atoms with E-state index in [1.807, 2.05) is 0 Å². The summed E-state index contributed by atoms with van der Waals surface area (Å²) in [6.07, 6.45) is 0. The van der Waals surface area contributed by atoms with Gasteiger partial charge >= 0.3 is 6.61 Å². The highest BCUT2D eigenvalue weighted by Gasteiger charge is 2.13. The zero-order valence-corrected chi connectivity index (χ0v) is 13.2. The molecule has 0 heterocycles. The van der Waals surface area contributed by atoms with Gasteiger partial charge in [-0.25, -0.2) is 0 Å². The van der Waals surface area contributed by atoms with Crippen molar-refractivity contribution in [2.45, 2.75) is 13.5 Å². The van der Waals surface area contributed by atoms with E-state index in [9.17, 15) is 23.7 Å². The van der Waals surface area contributed by atoms with E-state index in [0.29, 0.717) is 11.3 Å². The average molecular weight is 351 g/mol. The highest BCUT2D eigenvalue weighted by Crippen LogP contribution is 2.25. The molecule has 2 rings (SSSR count). The fraction of sp³-hybridized carbons (Fsp3) is 0.188. The van der Waals surface area contributed by atoms with Gasteiger partial charge < -0.3 is 15.4 Å². The van der Waals surface area contributed by atoms with E-state index in [-0.39, 0.29) is 23.7 Å². The molecule has 0 aromatic heterocycles. The minimum atomic E-state index is -2.98. The van der Waals surface area contributed by atoms with Crippen LogP contribution in [0.3, 0.4) is 0 Å². The van der Waals surface area contributed by atoms with E-state index >= 15 is 0 Å². The number of anilines is 2. The number of benzene rings is 2. The molecule has 1 amide bonds. The van der Waals surface area contributed by atoms with Crippen molar-refractivity contribution in [2.24, 2.45) is 0 Å². The Morgan fingerprint density at radius 2 is 1.96 bits per heavy atom. The molecule has 0 aliphatic rings. The summed E-state index contributed by atoms with van der Waals surface area (Å²) < 4.78 is 29.1. The first kappa shape index (κ1) is 18.1. The molecule has 0 aliphatic carbocycles. The monoisotopic (exact) mass is 351 g/mol. The second-order valence-corrected chi connectivity index (χ2v) is 5.03. The number of hydrogen-bond acceptors (Lipinski definition) is 5. The summed E-state index contributed by atoms with van der Waals surface area (Å²) in [4.78, 5) is 22.2. The summed E-state index contributed by atoms with van der Waals surface area (Å²) in [6.45, 7) is -1.52. The smallest absolute Gasteiger partial charge is 0.387 e. The first-order valence-corrected chi connectivity index (χ1v) is 7.19. The summed E-state index contributed by atoms with van der Waals surface area (Å²) in [5.74, 6) is -0.577. The van der Waals surface area contributed by atoms with Gasteiger partial charge in [0, 0.05) is 12.1 Å². The van der Waals surface area contributed by atoms with Gasteiger partial charge in [-0.3, -0.25) is 14.9 Å². The van der Waals surface area contributed by atoms with Crippen molar-refractivity contribution < 1.29 is 23.2 Å². The van der Waals surface area contributed by atoms with Crippen molar-refractivity contribution in [3.8, 4) is 5.75 Å². The maximum Gasteiger partial charge on any atom is 0.387 e. The molecule has 2 aromatic carbocycles. The van der Waals surface area contributed by atoms with Crippen molar-refractivity contribution >= 4 is 23.0 Å². The van der Waals surface area contributed by atoms with Gasteiger partial charge in [-0.15, -0.1) is 0 Å². The van der Waals surface area contributed by atoms with Crippen LogP contribution in [0.4, 0.5) is 25.8 Å². The molecule has 0 atom stereocenters. The lowest BCUT2D eigenvalue weighted by atomic mass is 10.2. The lowest BCUT2D eigenvalue weighted by molar-refractivity contribution is -0.384. The fourth-order valence-corrected chi connectivity index (χ4v) is 2.04. The Labute approximate surface area is 141 Å².